The van der Waals surface area contributed by atoms with Crippen molar-refractivity contribution in [3.05, 3.63) is 64.7 Å². The van der Waals surface area contributed by atoms with Gasteiger partial charge in [-0.1, -0.05) is 48.9 Å². The van der Waals surface area contributed by atoms with Crippen molar-refractivity contribution in [1.82, 2.24) is 0 Å². The van der Waals surface area contributed by atoms with Crippen LogP contribution in [0.15, 0.2) is 48.5 Å². The van der Waals surface area contributed by atoms with E-state index in [0.29, 0.717) is 16.5 Å². The van der Waals surface area contributed by atoms with Crippen LogP contribution in [-0.4, -0.2) is 6.54 Å². The quantitative estimate of drug-likeness (QED) is 0.854. The van der Waals surface area contributed by atoms with E-state index in [2.05, 4.69) is 42.6 Å². The maximum Gasteiger partial charge on any atom is 0.101 e. The van der Waals surface area contributed by atoms with E-state index in [-0.39, 0.29) is 0 Å². The van der Waals surface area contributed by atoms with E-state index in [0.717, 1.165) is 18.7 Å². The predicted molar refractivity (Wildman–Crippen MR) is 84.1 cm³/mol. The van der Waals surface area contributed by atoms with E-state index in [4.69, 9.17) is 16.9 Å². The summed E-state index contributed by atoms with van der Waals surface area (Å²) in [6.45, 7) is 3.02. The average molecular weight is 285 g/mol. The van der Waals surface area contributed by atoms with E-state index in [1.54, 1.807) is 18.2 Å². The molecule has 3 heteroatoms. The molecule has 0 amide bonds. The van der Waals surface area contributed by atoms with E-state index in [9.17, 15) is 0 Å². The lowest BCUT2D eigenvalue weighted by Crippen LogP contribution is -2.07. The van der Waals surface area contributed by atoms with Gasteiger partial charge in [-0.25, -0.2) is 0 Å². The molecule has 1 atom stereocenters. The number of nitriles is 1. The van der Waals surface area contributed by atoms with Crippen molar-refractivity contribution in [1.29, 1.82) is 5.26 Å². The van der Waals surface area contributed by atoms with Gasteiger partial charge >= 0.3 is 0 Å². The maximum atomic E-state index is 9.06. The van der Waals surface area contributed by atoms with Gasteiger partial charge in [0.2, 0.25) is 0 Å². The van der Waals surface area contributed by atoms with Crippen LogP contribution in [0.1, 0.15) is 30.4 Å². The lowest BCUT2D eigenvalue weighted by atomic mass is 9.98. The molecule has 0 fully saturated rings. The molecule has 2 rings (SSSR count). The average Bonchev–Trinajstić information content (AvgIpc) is 2.48. The highest BCUT2D eigenvalue weighted by Crippen LogP contribution is 2.22. The number of benzene rings is 2. The summed E-state index contributed by atoms with van der Waals surface area (Å²) in [7, 11) is 0. The van der Waals surface area contributed by atoms with Gasteiger partial charge in [0, 0.05) is 11.6 Å². The minimum atomic E-state index is 0.480. The highest BCUT2D eigenvalue weighted by Gasteiger charge is 2.06. The summed E-state index contributed by atoms with van der Waals surface area (Å²) in [5.41, 5.74) is 2.77. The third-order valence-corrected chi connectivity index (χ3v) is 3.60. The van der Waals surface area contributed by atoms with Crippen molar-refractivity contribution in [2.45, 2.75) is 19.3 Å². The first-order chi connectivity index (χ1) is 9.70. The van der Waals surface area contributed by atoms with Crippen molar-refractivity contribution >= 4 is 17.3 Å². The van der Waals surface area contributed by atoms with Gasteiger partial charge in [0.15, 0.2) is 0 Å². The second kappa shape index (κ2) is 6.98. The molecule has 0 aromatic heterocycles. The third kappa shape index (κ3) is 3.76. The lowest BCUT2D eigenvalue weighted by molar-refractivity contribution is 0.706. The summed E-state index contributed by atoms with van der Waals surface area (Å²) in [5, 5.41) is 13.0. The topological polar surface area (TPSA) is 35.8 Å². The van der Waals surface area contributed by atoms with Crippen LogP contribution in [0.2, 0.25) is 5.02 Å². The highest BCUT2D eigenvalue weighted by atomic mass is 35.5. The fraction of sp³-hybridized carbons (Fsp3) is 0.235. The molecule has 0 aliphatic rings. The normalized spacial score (nSPS) is 11.7. The summed E-state index contributed by atoms with van der Waals surface area (Å²) < 4.78 is 0. The van der Waals surface area contributed by atoms with Crippen LogP contribution < -0.4 is 5.32 Å². The number of nitrogens with one attached hydrogen (secondary N) is 1. The molecule has 2 aromatic carbocycles. The minimum absolute atomic E-state index is 0.480. The van der Waals surface area contributed by atoms with E-state index >= 15 is 0 Å². The number of nitrogens with zero attached hydrogens (tertiary/aromatic N) is 1. The molecule has 2 aromatic rings. The molecule has 0 spiro atoms. The molecule has 102 valence electrons. The van der Waals surface area contributed by atoms with Crippen LogP contribution in [0.5, 0.6) is 0 Å². The Hall–Kier alpha value is -1.98. The SMILES string of the molecule is CC(CCNc1cc(Cl)ccc1C#N)c1ccccc1. The molecular weight excluding hydrogens is 268 g/mol. The largest absolute Gasteiger partial charge is 0.384 e. The first kappa shape index (κ1) is 14.4. The fourth-order valence-corrected chi connectivity index (χ4v) is 2.30. The summed E-state index contributed by atoms with van der Waals surface area (Å²) >= 11 is 5.96. The summed E-state index contributed by atoms with van der Waals surface area (Å²) in [6, 6.07) is 17.9. The monoisotopic (exact) mass is 284 g/mol. The molecule has 0 saturated heterocycles. The Balaban J connectivity index is 1.94. The van der Waals surface area contributed by atoms with Crippen LogP contribution in [0.25, 0.3) is 0 Å². The van der Waals surface area contributed by atoms with Crippen LogP contribution in [-0.2, 0) is 0 Å². The van der Waals surface area contributed by atoms with Crippen molar-refractivity contribution in [3.8, 4) is 6.07 Å². The molecule has 0 heterocycles. The number of halogens is 1. The van der Waals surface area contributed by atoms with E-state index < -0.39 is 0 Å². The second-order valence-corrected chi connectivity index (χ2v) is 5.27. The Morgan fingerprint density at radius 2 is 1.95 bits per heavy atom. The summed E-state index contributed by atoms with van der Waals surface area (Å²) in [6.07, 6.45) is 1.00. The van der Waals surface area contributed by atoms with Gasteiger partial charge in [-0.15, -0.1) is 0 Å². The second-order valence-electron chi connectivity index (χ2n) is 4.83. The molecule has 1 unspecified atom stereocenters. The predicted octanol–water partition coefficient (Wildman–Crippen LogP) is 4.82. The standard InChI is InChI=1S/C17H17ClN2/c1-13(14-5-3-2-4-6-14)9-10-20-17-11-16(18)8-7-15(17)12-19/h2-8,11,13,20H,9-10H2,1H3. The zero-order valence-electron chi connectivity index (χ0n) is 11.4. The van der Waals surface area contributed by atoms with Gasteiger partial charge in [-0.05, 0) is 36.1 Å². The molecular formula is C17H17ClN2. The van der Waals surface area contributed by atoms with Gasteiger partial charge in [0.1, 0.15) is 6.07 Å². The van der Waals surface area contributed by atoms with Crippen LogP contribution in [0.4, 0.5) is 5.69 Å². The van der Waals surface area contributed by atoms with E-state index in [1.165, 1.54) is 5.56 Å². The van der Waals surface area contributed by atoms with Crippen molar-refractivity contribution in [2.24, 2.45) is 0 Å². The maximum absolute atomic E-state index is 9.06. The zero-order valence-corrected chi connectivity index (χ0v) is 12.2. The summed E-state index contributed by atoms with van der Waals surface area (Å²) in [5.74, 6) is 0.480. The molecule has 0 saturated carbocycles. The van der Waals surface area contributed by atoms with Crippen LogP contribution >= 0.6 is 11.6 Å². The number of rotatable bonds is 5. The molecule has 0 aliphatic heterocycles. The Morgan fingerprint density at radius 1 is 1.20 bits per heavy atom. The van der Waals surface area contributed by atoms with Crippen molar-refractivity contribution < 1.29 is 0 Å². The van der Waals surface area contributed by atoms with Crippen LogP contribution in [0, 0.1) is 11.3 Å². The minimum Gasteiger partial charge on any atom is -0.384 e. The molecule has 0 aliphatic carbocycles. The van der Waals surface area contributed by atoms with Gasteiger partial charge in [0.25, 0.3) is 0 Å². The van der Waals surface area contributed by atoms with Gasteiger partial charge < -0.3 is 5.32 Å². The zero-order chi connectivity index (χ0) is 14.4. The first-order valence-electron chi connectivity index (χ1n) is 6.69. The lowest BCUT2D eigenvalue weighted by Gasteiger charge is -2.14. The van der Waals surface area contributed by atoms with Gasteiger partial charge in [-0.3, -0.25) is 0 Å². The molecule has 0 bridgehead atoms. The Bertz CT molecular complexity index is 602. The number of hydrogen-bond donors (Lipinski definition) is 1. The smallest absolute Gasteiger partial charge is 0.101 e. The Labute approximate surface area is 125 Å². The Kier molecular flexibility index (Phi) is 5.03. The van der Waals surface area contributed by atoms with E-state index in [1.807, 2.05) is 6.07 Å². The molecule has 0 radical (unpaired) electrons. The van der Waals surface area contributed by atoms with Crippen molar-refractivity contribution in [2.75, 3.05) is 11.9 Å². The van der Waals surface area contributed by atoms with Crippen molar-refractivity contribution in [3.63, 3.8) is 0 Å². The molecule has 20 heavy (non-hydrogen) atoms. The number of anilines is 1. The Morgan fingerprint density at radius 3 is 2.65 bits per heavy atom. The fourth-order valence-electron chi connectivity index (χ4n) is 2.13. The number of hydrogen-bond acceptors (Lipinski definition) is 2. The molecule has 1 N–H and O–H groups in total. The highest BCUT2D eigenvalue weighted by molar-refractivity contribution is 6.30. The first-order valence-corrected chi connectivity index (χ1v) is 7.07. The van der Waals surface area contributed by atoms with Gasteiger partial charge in [0.05, 0.1) is 11.3 Å². The summed E-state index contributed by atoms with van der Waals surface area (Å²) in [4.78, 5) is 0. The molecule has 2 nitrogen and oxygen atoms in total. The van der Waals surface area contributed by atoms with Gasteiger partial charge in [-0.2, -0.15) is 5.26 Å². The third-order valence-electron chi connectivity index (χ3n) is 3.36. The van der Waals surface area contributed by atoms with Crippen LogP contribution in [0.3, 0.4) is 0 Å².